The Morgan fingerprint density at radius 3 is 2.38 bits per heavy atom. The average Bonchev–Trinajstić information content (AvgIpc) is 2.50. The zero-order chi connectivity index (χ0) is 9.68. The van der Waals surface area contributed by atoms with Crippen molar-refractivity contribution in [3.05, 3.63) is 23.5 Å². The van der Waals surface area contributed by atoms with Crippen LogP contribution in [0.25, 0.3) is 0 Å². The molecule has 0 radical (unpaired) electrons. The second-order valence-corrected chi connectivity index (χ2v) is 3.38. The molecule has 1 aromatic rings. The van der Waals surface area contributed by atoms with Gasteiger partial charge in [-0.3, -0.25) is 0 Å². The van der Waals surface area contributed by atoms with E-state index < -0.39 is 0 Å². The van der Waals surface area contributed by atoms with E-state index in [2.05, 4.69) is 24.5 Å². The van der Waals surface area contributed by atoms with E-state index in [1.807, 2.05) is 6.07 Å². The molecule has 2 heteroatoms. The normalized spacial score (nSPS) is 10.7. The number of aliphatic hydroxyl groups is 1. The Labute approximate surface area is 80.2 Å². The quantitative estimate of drug-likeness (QED) is 0.741. The molecule has 0 saturated heterocycles. The second kappa shape index (κ2) is 5.07. The molecule has 0 aliphatic rings. The highest BCUT2D eigenvalue weighted by molar-refractivity contribution is 5.16. The van der Waals surface area contributed by atoms with Crippen molar-refractivity contribution >= 4 is 0 Å². The van der Waals surface area contributed by atoms with E-state index in [-0.39, 0.29) is 6.61 Å². The van der Waals surface area contributed by atoms with Crippen molar-refractivity contribution in [3.8, 4) is 0 Å². The highest BCUT2D eigenvalue weighted by Crippen LogP contribution is 2.12. The molecule has 0 atom stereocenters. The fourth-order valence-electron chi connectivity index (χ4n) is 1.68. The lowest BCUT2D eigenvalue weighted by atomic mass is 10.2. The Morgan fingerprint density at radius 1 is 1.15 bits per heavy atom. The van der Waals surface area contributed by atoms with E-state index in [9.17, 15) is 0 Å². The minimum Gasteiger partial charge on any atom is -0.390 e. The van der Waals surface area contributed by atoms with Crippen LogP contribution in [0.15, 0.2) is 12.1 Å². The van der Waals surface area contributed by atoms with Crippen LogP contribution in [-0.2, 0) is 19.6 Å². The van der Waals surface area contributed by atoms with Crippen molar-refractivity contribution in [2.75, 3.05) is 0 Å². The summed E-state index contributed by atoms with van der Waals surface area (Å²) in [6.07, 6.45) is 3.40. The minimum absolute atomic E-state index is 0.156. The summed E-state index contributed by atoms with van der Waals surface area (Å²) in [5.74, 6) is 0. The number of nitrogens with zero attached hydrogens (tertiary/aromatic N) is 1. The molecule has 1 aromatic heterocycles. The van der Waals surface area contributed by atoms with Gasteiger partial charge >= 0.3 is 0 Å². The van der Waals surface area contributed by atoms with Crippen LogP contribution in [0.2, 0.25) is 0 Å². The lowest BCUT2D eigenvalue weighted by Gasteiger charge is -2.10. The third kappa shape index (κ3) is 2.34. The summed E-state index contributed by atoms with van der Waals surface area (Å²) in [5, 5.41) is 9.11. The van der Waals surface area contributed by atoms with Gasteiger partial charge < -0.3 is 9.67 Å². The topological polar surface area (TPSA) is 25.2 Å². The van der Waals surface area contributed by atoms with Gasteiger partial charge in [-0.25, -0.2) is 0 Å². The molecular formula is C11H19NO. The molecule has 0 fully saturated rings. The number of hydrogen-bond acceptors (Lipinski definition) is 1. The zero-order valence-electron chi connectivity index (χ0n) is 8.58. The smallest absolute Gasteiger partial charge is 0.0832 e. The van der Waals surface area contributed by atoms with Gasteiger partial charge in [0.15, 0.2) is 0 Å². The molecule has 0 aromatic carbocycles. The van der Waals surface area contributed by atoms with Crippen molar-refractivity contribution in [3.63, 3.8) is 0 Å². The number of rotatable bonds is 5. The standard InChI is InChI=1S/C11H19NO/c1-3-5-10-6-7-11(9-13)12(10)8-4-2/h6-7,13H,3-5,8-9H2,1-2H3. The molecule has 1 N–H and O–H groups in total. The van der Waals surface area contributed by atoms with E-state index in [4.69, 9.17) is 5.11 Å². The summed E-state index contributed by atoms with van der Waals surface area (Å²) in [6.45, 7) is 5.53. The molecule has 0 saturated carbocycles. The first-order valence-corrected chi connectivity index (χ1v) is 5.11. The van der Waals surface area contributed by atoms with Crippen molar-refractivity contribution in [1.82, 2.24) is 4.57 Å². The van der Waals surface area contributed by atoms with Crippen molar-refractivity contribution < 1.29 is 5.11 Å². The first kappa shape index (κ1) is 10.3. The number of aromatic nitrogens is 1. The largest absolute Gasteiger partial charge is 0.390 e. The molecule has 0 aliphatic carbocycles. The third-order valence-corrected chi connectivity index (χ3v) is 2.28. The molecule has 0 spiro atoms. The Hall–Kier alpha value is -0.760. The molecule has 0 unspecified atom stereocenters. The van der Waals surface area contributed by atoms with Crippen molar-refractivity contribution in [2.24, 2.45) is 0 Å². The van der Waals surface area contributed by atoms with Gasteiger partial charge in [0.25, 0.3) is 0 Å². The molecule has 13 heavy (non-hydrogen) atoms. The minimum atomic E-state index is 0.156. The highest BCUT2D eigenvalue weighted by atomic mass is 16.3. The molecule has 0 aliphatic heterocycles. The van der Waals surface area contributed by atoms with E-state index in [0.717, 1.165) is 25.1 Å². The Morgan fingerprint density at radius 2 is 1.85 bits per heavy atom. The number of aliphatic hydroxyl groups excluding tert-OH is 1. The highest BCUT2D eigenvalue weighted by Gasteiger charge is 2.04. The maximum atomic E-state index is 9.11. The fraction of sp³-hybridized carbons (Fsp3) is 0.636. The average molecular weight is 181 g/mol. The van der Waals surface area contributed by atoms with Crippen LogP contribution in [0.1, 0.15) is 38.1 Å². The molecule has 0 amide bonds. The molecule has 74 valence electrons. The lowest BCUT2D eigenvalue weighted by Crippen LogP contribution is -2.06. The van der Waals surface area contributed by atoms with Gasteiger partial charge in [-0.1, -0.05) is 20.3 Å². The van der Waals surface area contributed by atoms with E-state index in [1.54, 1.807) is 0 Å². The van der Waals surface area contributed by atoms with Gasteiger partial charge in [0, 0.05) is 17.9 Å². The Balaban J connectivity index is 2.85. The Bertz CT molecular complexity index is 253. The van der Waals surface area contributed by atoms with E-state index in [0.29, 0.717) is 0 Å². The van der Waals surface area contributed by atoms with Crippen LogP contribution in [0, 0.1) is 0 Å². The van der Waals surface area contributed by atoms with E-state index >= 15 is 0 Å². The summed E-state index contributed by atoms with van der Waals surface area (Å²) >= 11 is 0. The van der Waals surface area contributed by atoms with Crippen LogP contribution in [-0.4, -0.2) is 9.67 Å². The summed E-state index contributed by atoms with van der Waals surface area (Å²) in [4.78, 5) is 0. The maximum absolute atomic E-state index is 9.11. The van der Waals surface area contributed by atoms with Crippen LogP contribution >= 0.6 is 0 Å². The van der Waals surface area contributed by atoms with Crippen LogP contribution in [0.4, 0.5) is 0 Å². The number of aryl methyl sites for hydroxylation is 1. The third-order valence-electron chi connectivity index (χ3n) is 2.28. The molecule has 0 bridgehead atoms. The molecule has 1 heterocycles. The zero-order valence-corrected chi connectivity index (χ0v) is 8.58. The van der Waals surface area contributed by atoms with Crippen LogP contribution in [0.3, 0.4) is 0 Å². The Kier molecular flexibility index (Phi) is 4.03. The predicted molar refractivity (Wildman–Crippen MR) is 54.6 cm³/mol. The summed E-state index contributed by atoms with van der Waals surface area (Å²) < 4.78 is 2.24. The molecule has 2 nitrogen and oxygen atoms in total. The van der Waals surface area contributed by atoms with Gasteiger partial charge in [0.1, 0.15) is 0 Å². The van der Waals surface area contributed by atoms with Crippen LogP contribution < -0.4 is 0 Å². The van der Waals surface area contributed by atoms with Gasteiger partial charge in [0.05, 0.1) is 6.61 Å². The fourth-order valence-corrected chi connectivity index (χ4v) is 1.68. The maximum Gasteiger partial charge on any atom is 0.0832 e. The first-order valence-electron chi connectivity index (χ1n) is 5.11. The first-order chi connectivity index (χ1) is 6.33. The van der Waals surface area contributed by atoms with E-state index in [1.165, 1.54) is 12.1 Å². The van der Waals surface area contributed by atoms with Gasteiger partial charge in [-0.2, -0.15) is 0 Å². The molecule has 1 rings (SSSR count). The van der Waals surface area contributed by atoms with Gasteiger partial charge in [-0.15, -0.1) is 0 Å². The monoisotopic (exact) mass is 181 g/mol. The van der Waals surface area contributed by atoms with Crippen molar-refractivity contribution in [2.45, 2.75) is 46.3 Å². The van der Waals surface area contributed by atoms with Crippen molar-refractivity contribution in [1.29, 1.82) is 0 Å². The summed E-state index contributed by atoms with van der Waals surface area (Å²) in [5.41, 5.74) is 2.40. The van der Waals surface area contributed by atoms with Gasteiger partial charge in [0.2, 0.25) is 0 Å². The summed E-state index contributed by atoms with van der Waals surface area (Å²) in [7, 11) is 0. The number of hydrogen-bond donors (Lipinski definition) is 1. The summed E-state index contributed by atoms with van der Waals surface area (Å²) in [6, 6.07) is 4.16. The van der Waals surface area contributed by atoms with Crippen LogP contribution in [0.5, 0.6) is 0 Å². The second-order valence-electron chi connectivity index (χ2n) is 3.38. The molecular weight excluding hydrogens is 162 g/mol. The van der Waals surface area contributed by atoms with Gasteiger partial charge in [-0.05, 0) is 25.0 Å². The lowest BCUT2D eigenvalue weighted by molar-refractivity contribution is 0.269. The SMILES string of the molecule is CCCc1ccc(CO)n1CCC. The predicted octanol–water partition coefficient (Wildman–Crippen LogP) is 2.34.